The lowest BCUT2D eigenvalue weighted by Crippen LogP contribution is -2.34. The first-order chi connectivity index (χ1) is 10.8. The Morgan fingerprint density at radius 3 is 2.45 bits per heavy atom. The first-order valence-corrected chi connectivity index (χ1v) is 8.47. The molecule has 1 N–H and O–H groups in total. The van der Waals surface area contributed by atoms with E-state index in [9.17, 15) is 0 Å². The summed E-state index contributed by atoms with van der Waals surface area (Å²) in [6.45, 7) is 5.82. The van der Waals surface area contributed by atoms with Crippen LogP contribution in [0.4, 0.5) is 0 Å². The second-order valence-corrected chi connectivity index (χ2v) is 6.48. The molecular formula is C18H28N2O2. The SMILES string of the molecule is COc1cc2c(cc1OC)CN(CCC1CCNCC1)CC2. The number of piperidine rings is 1. The van der Waals surface area contributed by atoms with Crippen molar-refractivity contribution in [3.8, 4) is 11.5 Å². The third kappa shape index (κ3) is 3.55. The molecule has 122 valence electrons. The summed E-state index contributed by atoms with van der Waals surface area (Å²) in [4.78, 5) is 2.59. The third-order valence-corrected chi connectivity index (χ3v) is 5.11. The van der Waals surface area contributed by atoms with Gasteiger partial charge in [0.15, 0.2) is 11.5 Å². The van der Waals surface area contributed by atoms with Crippen LogP contribution in [0.3, 0.4) is 0 Å². The van der Waals surface area contributed by atoms with Gasteiger partial charge in [0.05, 0.1) is 14.2 Å². The summed E-state index contributed by atoms with van der Waals surface area (Å²) in [5.41, 5.74) is 2.81. The minimum Gasteiger partial charge on any atom is -0.493 e. The molecule has 0 saturated carbocycles. The van der Waals surface area contributed by atoms with Crippen LogP contribution in [0.5, 0.6) is 11.5 Å². The van der Waals surface area contributed by atoms with Crippen molar-refractivity contribution in [1.29, 1.82) is 0 Å². The van der Waals surface area contributed by atoms with Gasteiger partial charge >= 0.3 is 0 Å². The quantitative estimate of drug-likeness (QED) is 0.906. The number of hydrogen-bond donors (Lipinski definition) is 1. The van der Waals surface area contributed by atoms with Crippen molar-refractivity contribution in [3.05, 3.63) is 23.3 Å². The van der Waals surface area contributed by atoms with Crippen molar-refractivity contribution in [2.24, 2.45) is 5.92 Å². The first kappa shape index (κ1) is 15.6. The Bertz CT molecular complexity index is 498. The summed E-state index contributed by atoms with van der Waals surface area (Å²) in [7, 11) is 3.42. The maximum absolute atomic E-state index is 5.44. The predicted octanol–water partition coefficient (Wildman–Crippen LogP) is 2.45. The Labute approximate surface area is 133 Å². The Morgan fingerprint density at radius 2 is 1.77 bits per heavy atom. The predicted molar refractivity (Wildman–Crippen MR) is 88.7 cm³/mol. The number of hydrogen-bond acceptors (Lipinski definition) is 4. The van der Waals surface area contributed by atoms with Gasteiger partial charge in [0.25, 0.3) is 0 Å². The third-order valence-electron chi connectivity index (χ3n) is 5.11. The number of methoxy groups -OCH3 is 2. The summed E-state index contributed by atoms with van der Waals surface area (Å²) in [6, 6.07) is 4.31. The molecule has 0 spiro atoms. The van der Waals surface area contributed by atoms with E-state index in [4.69, 9.17) is 9.47 Å². The zero-order valence-corrected chi connectivity index (χ0v) is 13.9. The van der Waals surface area contributed by atoms with Gasteiger partial charge in [0, 0.05) is 13.1 Å². The molecule has 2 heterocycles. The van der Waals surface area contributed by atoms with Gasteiger partial charge in [-0.2, -0.15) is 0 Å². The van der Waals surface area contributed by atoms with E-state index < -0.39 is 0 Å². The fourth-order valence-corrected chi connectivity index (χ4v) is 3.67. The van der Waals surface area contributed by atoms with Crippen LogP contribution >= 0.6 is 0 Å². The molecule has 4 heteroatoms. The molecule has 0 unspecified atom stereocenters. The van der Waals surface area contributed by atoms with Gasteiger partial charge < -0.3 is 14.8 Å². The Morgan fingerprint density at radius 1 is 1.09 bits per heavy atom. The normalized spacial score (nSPS) is 19.7. The molecule has 0 atom stereocenters. The summed E-state index contributed by atoms with van der Waals surface area (Å²) in [5, 5.41) is 3.45. The van der Waals surface area contributed by atoms with Gasteiger partial charge in [0.1, 0.15) is 0 Å². The highest BCUT2D eigenvalue weighted by molar-refractivity contribution is 5.48. The van der Waals surface area contributed by atoms with E-state index in [1.807, 2.05) is 0 Å². The van der Waals surface area contributed by atoms with E-state index in [2.05, 4.69) is 22.3 Å². The van der Waals surface area contributed by atoms with Crippen LogP contribution < -0.4 is 14.8 Å². The fraction of sp³-hybridized carbons (Fsp3) is 0.667. The van der Waals surface area contributed by atoms with Crippen molar-refractivity contribution in [2.75, 3.05) is 40.4 Å². The van der Waals surface area contributed by atoms with E-state index in [0.29, 0.717) is 0 Å². The highest BCUT2D eigenvalue weighted by Crippen LogP contribution is 2.33. The molecule has 0 radical (unpaired) electrons. The lowest BCUT2D eigenvalue weighted by Gasteiger charge is -2.31. The molecule has 0 bridgehead atoms. The molecule has 3 rings (SSSR count). The van der Waals surface area contributed by atoms with Crippen molar-refractivity contribution in [3.63, 3.8) is 0 Å². The van der Waals surface area contributed by atoms with E-state index in [0.717, 1.165) is 36.9 Å². The second kappa shape index (κ2) is 7.34. The molecule has 2 aliphatic heterocycles. The minimum absolute atomic E-state index is 0.849. The largest absolute Gasteiger partial charge is 0.493 e. The standard InChI is InChI=1S/C18H28N2O2/c1-21-17-11-15-6-10-20(13-16(15)12-18(17)22-2)9-5-14-3-7-19-8-4-14/h11-12,14,19H,3-10,13H2,1-2H3. The Kier molecular flexibility index (Phi) is 5.21. The molecule has 1 saturated heterocycles. The Balaban J connectivity index is 1.60. The molecule has 0 aliphatic carbocycles. The highest BCUT2D eigenvalue weighted by Gasteiger charge is 2.21. The fourth-order valence-electron chi connectivity index (χ4n) is 3.67. The topological polar surface area (TPSA) is 33.7 Å². The average Bonchev–Trinajstić information content (AvgIpc) is 2.59. The van der Waals surface area contributed by atoms with Crippen LogP contribution in [0.25, 0.3) is 0 Å². The summed E-state index contributed by atoms with van der Waals surface area (Å²) in [6.07, 6.45) is 5.14. The van der Waals surface area contributed by atoms with Crippen molar-refractivity contribution < 1.29 is 9.47 Å². The van der Waals surface area contributed by atoms with E-state index in [1.54, 1.807) is 14.2 Å². The van der Waals surface area contributed by atoms with E-state index in [-0.39, 0.29) is 0 Å². The summed E-state index contributed by atoms with van der Waals surface area (Å²) in [5.74, 6) is 2.61. The summed E-state index contributed by atoms with van der Waals surface area (Å²) >= 11 is 0. The molecule has 0 aromatic heterocycles. The van der Waals surface area contributed by atoms with Gasteiger partial charge in [-0.25, -0.2) is 0 Å². The first-order valence-electron chi connectivity index (χ1n) is 8.47. The van der Waals surface area contributed by atoms with Crippen molar-refractivity contribution >= 4 is 0 Å². The second-order valence-electron chi connectivity index (χ2n) is 6.48. The van der Waals surface area contributed by atoms with E-state index >= 15 is 0 Å². The highest BCUT2D eigenvalue weighted by atomic mass is 16.5. The number of nitrogens with one attached hydrogen (secondary N) is 1. The molecule has 1 aromatic carbocycles. The van der Waals surface area contributed by atoms with Crippen LogP contribution in [-0.2, 0) is 13.0 Å². The minimum atomic E-state index is 0.849. The van der Waals surface area contributed by atoms with Crippen molar-refractivity contribution in [1.82, 2.24) is 10.2 Å². The summed E-state index contributed by atoms with van der Waals surface area (Å²) < 4.78 is 10.9. The van der Waals surface area contributed by atoms with Crippen LogP contribution in [0.15, 0.2) is 12.1 Å². The number of ether oxygens (including phenoxy) is 2. The number of rotatable bonds is 5. The molecule has 2 aliphatic rings. The Hall–Kier alpha value is -1.26. The number of benzene rings is 1. The van der Waals surface area contributed by atoms with Crippen LogP contribution in [-0.4, -0.2) is 45.3 Å². The van der Waals surface area contributed by atoms with Crippen molar-refractivity contribution in [2.45, 2.75) is 32.2 Å². The van der Waals surface area contributed by atoms with Crippen LogP contribution in [0.1, 0.15) is 30.4 Å². The van der Waals surface area contributed by atoms with Crippen LogP contribution in [0.2, 0.25) is 0 Å². The zero-order chi connectivity index (χ0) is 15.4. The number of fused-ring (bicyclic) bond motifs is 1. The monoisotopic (exact) mass is 304 g/mol. The molecule has 0 amide bonds. The molecule has 22 heavy (non-hydrogen) atoms. The van der Waals surface area contributed by atoms with Gasteiger partial charge in [0.2, 0.25) is 0 Å². The lowest BCUT2D eigenvalue weighted by molar-refractivity contribution is 0.219. The molecule has 1 aromatic rings. The lowest BCUT2D eigenvalue weighted by atomic mass is 9.93. The van der Waals surface area contributed by atoms with Gasteiger partial charge in [-0.15, -0.1) is 0 Å². The van der Waals surface area contributed by atoms with Gasteiger partial charge in [-0.05, 0) is 74.5 Å². The molecule has 1 fully saturated rings. The maximum atomic E-state index is 5.44. The zero-order valence-electron chi connectivity index (χ0n) is 13.9. The molecule has 4 nitrogen and oxygen atoms in total. The van der Waals surface area contributed by atoms with Gasteiger partial charge in [-0.1, -0.05) is 0 Å². The van der Waals surface area contributed by atoms with Crippen LogP contribution in [0, 0.1) is 5.92 Å². The number of nitrogens with zero attached hydrogens (tertiary/aromatic N) is 1. The smallest absolute Gasteiger partial charge is 0.161 e. The maximum Gasteiger partial charge on any atom is 0.161 e. The van der Waals surface area contributed by atoms with Gasteiger partial charge in [-0.3, -0.25) is 4.90 Å². The van der Waals surface area contributed by atoms with E-state index in [1.165, 1.54) is 50.0 Å². The molecular weight excluding hydrogens is 276 g/mol. The average molecular weight is 304 g/mol.